The van der Waals surface area contributed by atoms with E-state index in [0.29, 0.717) is 29.7 Å². The van der Waals surface area contributed by atoms with Crippen LogP contribution in [-0.2, 0) is 32.2 Å². The first-order valence-corrected chi connectivity index (χ1v) is 14.9. The molecule has 2 aromatic rings. The number of anilines is 1. The van der Waals surface area contributed by atoms with E-state index in [2.05, 4.69) is 23.8 Å². The minimum absolute atomic E-state index is 0.0755. The van der Waals surface area contributed by atoms with E-state index >= 15 is 0 Å². The molecule has 0 spiro atoms. The molecule has 22 heteroatoms. The molecule has 2 fully saturated rings. The highest BCUT2D eigenvalue weighted by Crippen LogP contribution is 2.51. The topological polar surface area (TPSA) is 308 Å². The van der Waals surface area contributed by atoms with Gasteiger partial charge >= 0.3 is 16.1 Å². The number of imidazole rings is 1. The van der Waals surface area contributed by atoms with Crippen LogP contribution in [0.25, 0.3) is 11.2 Å². The van der Waals surface area contributed by atoms with Gasteiger partial charge in [0.25, 0.3) is 0 Å². The average Bonchev–Trinajstić information content (AvgIpc) is 3.59. The number of nitrogens with two attached hydrogens (primary N) is 2. The molecule has 42 heavy (non-hydrogen) atoms. The summed E-state index contributed by atoms with van der Waals surface area (Å²) in [6.45, 7) is -0.0422. The van der Waals surface area contributed by atoms with E-state index in [9.17, 15) is 39.2 Å². The quantitative estimate of drug-likeness (QED) is 0.133. The maximum Gasteiger partial charge on any atom is 0.705 e. The average molecular weight is 638 g/mol. The molecule has 10 N–H and O–H groups in total. The van der Waals surface area contributed by atoms with Gasteiger partial charge in [0, 0.05) is 23.2 Å². The summed E-state index contributed by atoms with van der Waals surface area (Å²) >= 11 is 0. The van der Waals surface area contributed by atoms with Gasteiger partial charge in [-0.25, -0.2) is 19.5 Å². The zero-order chi connectivity index (χ0) is 30.8. The second-order valence-corrected chi connectivity index (χ2v) is 11.7. The Bertz CT molecular complexity index is 1380. The van der Waals surface area contributed by atoms with Crippen molar-refractivity contribution >= 4 is 39.0 Å². The molecule has 2 unspecified atom stereocenters. The summed E-state index contributed by atoms with van der Waals surface area (Å²) in [4.78, 5) is 42.4. The van der Waals surface area contributed by atoms with Crippen molar-refractivity contribution in [1.82, 2.24) is 24.4 Å². The first-order chi connectivity index (χ1) is 19.8. The van der Waals surface area contributed by atoms with Crippen LogP contribution in [0.5, 0.6) is 0 Å². The fourth-order valence-electron chi connectivity index (χ4n) is 4.50. The smallest absolute Gasteiger partial charge is 0.388 e. The molecule has 0 bridgehead atoms. The fraction of sp³-hybridized carbons (Fsp3) is 0.600. The van der Waals surface area contributed by atoms with E-state index in [4.69, 9.17) is 25.8 Å². The van der Waals surface area contributed by atoms with Gasteiger partial charge in [0.05, 0.1) is 19.5 Å². The van der Waals surface area contributed by atoms with Gasteiger partial charge in [0.15, 0.2) is 17.7 Å². The Morgan fingerprint density at radius 3 is 2.55 bits per heavy atom. The molecule has 9 atom stereocenters. The number of nitrogen functional groups attached to an aromatic ring is 1. The lowest BCUT2D eigenvalue weighted by Crippen LogP contribution is -2.47. The molecule has 0 aliphatic carbocycles. The van der Waals surface area contributed by atoms with Gasteiger partial charge in [0.1, 0.15) is 48.6 Å². The number of ether oxygens (including phenoxy) is 2. The van der Waals surface area contributed by atoms with Gasteiger partial charge in [-0.3, -0.25) is 23.7 Å². The molecule has 5 rings (SSSR count). The monoisotopic (exact) mass is 638 g/mol. The number of primary amides is 1. The number of aliphatic hydroxyl groups is 4. The third-order valence-electron chi connectivity index (χ3n) is 6.55. The van der Waals surface area contributed by atoms with Crippen molar-refractivity contribution in [2.75, 3.05) is 32.0 Å². The van der Waals surface area contributed by atoms with Crippen LogP contribution in [0.1, 0.15) is 12.6 Å². The minimum Gasteiger partial charge on any atom is -0.388 e. The molecule has 0 radical (unpaired) electrons. The zero-order valence-corrected chi connectivity index (χ0v) is 23.4. The minimum atomic E-state index is -4.81. The van der Waals surface area contributed by atoms with Crippen molar-refractivity contribution in [1.29, 1.82) is 0 Å². The fourth-order valence-corrected chi connectivity index (χ4v) is 5.73. The molecular formula is C20H30N7O13P2+. The second kappa shape index (κ2) is 13.4. The molecular weight excluding hydrogens is 608 g/mol. The van der Waals surface area contributed by atoms with Crippen LogP contribution in [0, 0.1) is 0 Å². The number of carbonyl (C=O) groups is 1. The number of phosphoric ester groups is 1. The Labute approximate surface area is 237 Å². The Morgan fingerprint density at radius 1 is 1.17 bits per heavy atom. The lowest BCUT2D eigenvalue weighted by Gasteiger charge is -2.32. The maximum atomic E-state index is 11.4. The van der Waals surface area contributed by atoms with Crippen LogP contribution in [0.15, 0.2) is 24.3 Å². The summed E-state index contributed by atoms with van der Waals surface area (Å²) in [7, 11) is -8.17. The number of hydrogen-bond donors (Lipinski definition) is 8. The van der Waals surface area contributed by atoms with E-state index in [0.717, 1.165) is 0 Å². The number of phosphoric acid groups is 1. The highest BCUT2D eigenvalue weighted by Gasteiger charge is 2.47. The second-order valence-electron chi connectivity index (χ2n) is 9.35. The Morgan fingerprint density at radius 2 is 1.90 bits per heavy atom. The van der Waals surface area contributed by atoms with Crippen LogP contribution in [0.3, 0.4) is 0 Å². The number of rotatable bonds is 8. The van der Waals surface area contributed by atoms with Crippen LogP contribution in [0.4, 0.5) is 5.82 Å². The van der Waals surface area contributed by atoms with Crippen LogP contribution in [-0.4, -0.2) is 124 Å². The number of aromatic nitrogens is 4. The summed E-state index contributed by atoms with van der Waals surface area (Å²) in [6, 6.07) is 0. The van der Waals surface area contributed by atoms with Gasteiger partial charge < -0.3 is 41.4 Å². The predicted molar refractivity (Wildman–Crippen MR) is 138 cm³/mol. The van der Waals surface area contributed by atoms with Crippen molar-refractivity contribution in [3.05, 3.63) is 24.3 Å². The molecule has 2 aromatic heterocycles. The van der Waals surface area contributed by atoms with Crippen molar-refractivity contribution in [2.45, 2.75) is 49.4 Å². The number of hydrogen-bond acceptors (Lipinski definition) is 16. The number of amides is 1. The van der Waals surface area contributed by atoms with Gasteiger partial charge in [-0.1, -0.05) is 6.08 Å². The largest absolute Gasteiger partial charge is 0.705 e. The van der Waals surface area contributed by atoms with Crippen molar-refractivity contribution < 1.29 is 62.4 Å². The summed E-state index contributed by atoms with van der Waals surface area (Å²) in [5.41, 5.74) is 12.1. The Hall–Kier alpha value is -2.55. The zero-order valence-electron chi connectivity index (χ0n) is 21.6. The van der Waals surface area contributed by atoms with Crippen LogP contribution >= 0.6 is 16.1 Å². The van der Waals surface area contributed by atoms with E-state index in [1.165, 1.54) is 17.2 Å². The molecule has 2 saturated heterocycles. The van der Waals surface area contributed by atoms with E-state index in [1.807, 2.05) is 0 Å². The van der Waals surface area contributed by atoms with Crippen molar-refractivity contribution in [3.63, 3.8) is 0 Å². The standard InChI is InChI=1S/C11H18N2O10P2.C9H11N5O3/c12-10(16)6-2-1-3-13(4-6)11-9(15)8(14)7(22-11)5-21-25(19,20)23-24(17)18;10-7-5-8(12-2-11-7)14(3-13-5)9-6(16)4(15)1-17-9/h2,7-9,11,14-15H,1,3-5H2,(H3-,12,16,17,18,19,20);2-4,6,9,15-16H,1H2,(H2,10,11,12)/p+1/t7-,8-,9-,11-;4-,6-,9-/m11/s1. The van der Waals surface area contributed by atoms with Crippen LogP contribution < -0.4 is 11.5 Å². The van der Waals surface area contributed by atoms with Crippen LogP contribution in [0.2, 0.25) is 0 Å². The first kappa shape index (κ1) is 32.4. The first-order valence-electron chi connectivity index (χ1n) is 12.3. The number of nitrogens with zero attached hydrogens (tertiary/aromatic N) is 5. The molecule has 3 aliphatic rings. The Balaban J connectivity index is 0.000000206. The predicted octanol–water partition coefficient (Wildman–Crippen LogP) is -3.01. The molecule has 232 valence electrons. The van der Waals surface area contributed by atoms with Crippen molar-refractivity contribution in [2.24, 2.45) is 5.73 Å². The number of carbonyl (C=O) groups excluding carboxylic acids is 1. The number of aliphatic hydroxyl groups excluding tert-OH is 4. The highest BCUT2D eigenvalue weighted by molar-refractivity contribution is 7.55. The maximum absolute atomic E-state index is 11.4. The lowest BCUT2D eigenvalue weighted by atomic mass is 10.1. The number of fused-ring (bicyclic) bond motifs is 1. The van der Waals surface area contributed by atoms with Gasteiger partial charge in [0.2, 0.25) is 5.91 Å². The van der Waals surface area contributed by atoms with E-state index in [1.54, 1.807) is 11.0 Å². The lowest BCUT2D eigenvalue weighted by molar-refractivity contribution is -0.117. The van der Waals surface area contributed by atoms with E-state index < -0.39 is 71.6 Å². The summed E-state index contributed by atoms with van der Waals surface area (Å²) in [6.07, 6.45) is -2.67. The molecule has 3 aliphatic heterocycles. The highest BCUT2D eigenvalue weighted by atomic mass is 31.2. The SMILES string of the molecule is NC(=O)C1=CCCN([C@@H]2O[C@H](COP(=O)(O)O[P+](=O)O)[C@@H](O)[C@H]2O)C1.Nc1ncnc2c1ncn2[C@@H]1OC[C@@H](O)[C@H]1O. The van der Waals surface area contributed by atoms with Gasteiger partial charge in [-0.05, 0) is 10.7 Å². The van der Waals surface area contributed by atoms with Gasteiger partial charge in [-0.2, -0.15) is 0 Å². The third kappa shape index (κ3) is 7.32. The molecule has 0 aromatic carbocycles. The molecule has 0 saturated carbocycles. The summed E-state index contributed by atoms with van der Waals surface area (Å²) in [5, 5.41) is 39.3. The molecule has 5 heterocycles. The van der Waals surface area contributed by atoms with Gasteiger partial charge in [-0.15, -0.1) is 4.89 Å². The summed E-state index contributed by atoms with van der Waals surface area (Å²) in [5.74, 6) is -0.337. The van der Waals surface area contributed by atoms with E-state index in [-0.39, 0.29) is 19.0 Å². The Kier molecular flexibility index (Phi) is 10.3. The molecule has 20 nitrogen and oxygen atoms in total. The van der Waals surface area contributed by atoms with Crippen molar-refractivity contribution in [3.8, 4) is 0 Å². The summed E-state index contributed by atoms with van der Waals surface area (Å²) < 4.78 is 42.4. The third-order valence-corrected chi connectivity index (χ3v) is 8.41. The normalized spacial score (nSPS) is 31.7. The molecule has 1 amide bonds.